The maximum atomic E-state index is 5.82. The summed E-state index contributed by atoms with van der Waals surface area (Å²) in [4.78, 5) is 2.23. The Hall–Kier alpha value is -1.01. The second kappa shape index (κ2) is 5.91. The molecule has 2 heteroatoms. The van der Waals surface area contributed by atoms with Crippen molar-refractivity contribution in [3.05, 3.63) is 70.2 Å². The first-order chi connectivity index (χ1) is 7.84. The van der Waals surface area contributed by atoms with Crippen LogP contribution in [0.5, 0.6) is 0 Å². The van der Waals surface area contributed by atoms with Crippen LogP contribution in [0.3, 0.4) is 0 Å². The SMILES string of the molecule is Clc1ccc(/C=C\[Se]c2ccccc2)cc1. The summed E-state index contributed by atoms with van der Waals surface area (Å²) < 4.78 is 1.39. The number of benzene rings is 2. The molecule has 0 aliphatic heterocycles. The van der Waals surface area contributed by atoms with Gasteiger partial charge in [-0.1, -0.05) is 0 Å². The summed E-state index contributed by atoms with van der Waals surface area (Å²) in [6.45, 7) is 0. The Labute approximate surface area is 107 Å². The first-order valence-electron chi connectivity index (χ1n) is 4.98. The molecule has 2 aromatic carbocycles. The third-order valence-corrected chi connectivity index (χ3v) is 4.04. The summed E-state index contributed by atoms with van der Waals surface area (Å²) in [5, 5.41) is 0.783. The summed E-state index contributed by atoms with van der Waals surface area (Å²) in [7, 11) is 0. The van der Waals surface area contributed by atoms with Gasteiger partial charge in [0.2, 0.25) is 0 Å². The van der Waals surface area contributed by atoms with Crippen molar-refractivity contribution in [1.29, 1.82) is 0 Å². The van der Waals surface area contributed by atoms with Crippen LogP contribution in [0.15, 0.2) is 59.6 Å². The van der Waals surface area contributed by atoms with Crippen molar-refractivity contribution in [2.45, 2.75) is 0 Å². The van der Waals surface area contributed by atoms with Crippen LogP contribution in [-0.2, 0) is 0 Å². The molecule has 0 fully saturated rings. The van der Waals surface area contributed by atoms with Gasteiger partial charge < -0.3 is 0 Å². The van der Waals surface area contributed by atoms with Gasteiger partial charge in [-0.05, 0) is 0 Å². The van der Waals surface area contributed by atoms with Crippen molar-refractivity contribution in [2.75, 3.05) is 0 Å². The molecular weight excluding hydrogens is 283 g/mol. The Morgan fingerprint density at radius 2 is 1.56 bits per heavy atom. The van der Waals surface area contributed by atoms with Crippen LogP contribution in [0.25, 0.3) is 6.08 Å². The molecule has 0 saturated heterocycles. The van der Waals surface area contributed by atoms with Gasteiger partial charge in [-0.15, -0.1) is 0 Å². The van der Waals surface area contributed by atoms with Crippen LogP contribution in [0.4, 0.5) is 0 Å². The molecule has 0 N–H and O–H groups in total. The molecule has 2 aromatic rings. The van der Waals surface area contributed by atoms with Gasteiger partial charge in [-0.2, -0.15) is 0 Å². The van der Waals surface area contributed by atoms with E-state index in [-0.39, 0.29) is 0 Å². The minimum atomic E-state index is 0.404. The summed E-state index contributed by atoms with van der Waals surface area (Å²) in [6, 6.07) is 18.4. The van der Waals surface area contributed by atoms with Gasteiger partial charge in [-0.25, -0.2) is 0 Å². The third-order valence-electron chi connectivity index (χ3n) is 2.08. The molecular formula is C14H11ClSe. The Morgan fingerprint density at radius 3 is 2.25 bits per heavy atom. The summed E-state index contributed by atoms with van der Waals surface area (Å²) in [5.74, 6) is 0. The van der Waals surface area contributed by atoms with Gasteiger partial charge in [0.15, 0.2) is 0 Å². The molecule has 0 heterocycles. The Morgan fingerprint density at radius 1 is 0.875 bits per heavy atom. The fourth-order valence-electron chi connectivity index (χ4n) is 1.26. The number of rotatable bonds is 3. The molecule has 0 aromatic heterocycles. The monoisotopic (exact) mass is 294 g/mol. The molecule has 0 radical (unpaired) electrons. The summed E-state index contributed by atoms with van der Waals surface area (Å²) in [5.41, 5.74) is 1.20. The molecule has 0 aliphatic rings. The predicted molar refractivity (Wildman–Crippen MR) is 72.3 cm³/mol. The van der Waals surface area contributed by atoms with E-state index in [1.807, 2.05) is 30.3 Å². The average molecular weight is 294 g/mol. The minimum absolute atomic E-state index is 0.404. The molecule has 0 atom stereocenters. The maximum absolute atomic E-state index is 5.82. The van der Waals surface area contributed by atoms with E-state index >= 15 is 0 Å². The molecule has 0 aliphatic carbocycles. The van der Waals surface area contributed by atoms with Gasteiger partial charge in [-0.3, -0.25) is 0 Å². The first-order valence-corrected chi connectivity index (χ1v) is 7.21. The molecule has 0 unspecified atom stereocenters. The Balaban J connectivity index is 1.98. The van der Waals surface area contributed by atoms with Crippen LogP contribution >= 0.6 is 11.6 Å². The fraction of sp³-hybridized carbons (Fsp3) is 0. The van der Waals surface area contributed by atoms with Crippen molar-refractivity contribution in [2.24, 2.45) is 0 Å². The van der Waals surface area contributed by atoms with Gasteiger partial charge in [0.05, 0.1) is 0 Å². The van der Waals surface area contributed by atoms with Gasteiger partial charge >= 0.3 is 107 Å². The molecule has 0 amide bonds. The summed E-state index contributed by atoms with van der Waals surface area (Å²) >= 11 is 6.23. The van der Waals surface area contributed by atoms with Gasteiger partial charge in [0.25, 0.3) is 0 Å². The van der Waals surface area contributed by atoms with Crippen molar-refractivity contribution >= 4 is 37.1 Å². The van der Waals surface area contributed by atoms with Crippen molar-refractivity contribution < 1.29 is 0 Å². The normalized spacial score (nSPS) is 10.8. The van der Waals surface area contributed by atoms with Crippen LogP contribution in [-0.4, -0.2) is 15.0 Å². The number of hydrogen-bond acceptors (Lipinski definition) is 0. The topological polar surface area (TPSA) is 0 Å². The quantitative estimate of drug-likeness (QED) is 0.762. The molecule has 0 nitrogen and oxygen atoms in total. The Kier molecular flexibility index (Phi) is 4.24. The molecule has 80 valence electrons. The van der Waals surface area contributed by atoms with Crippen LogP contribution in [0.2, 0.25) is 5.02 Å². The molecule has 0 spiro atoms. The molecule has 2 rings (SSSR count). The van der Waals surface area contributed by atoms with E-state index in [9.17, 15) is 0 Å². The van der Waals surface area contributed by atoms with Gasteiger partial charge in [0, 0.05) is 0 Å². The van der Waals surface area contributed by atoms with E-state index in [1.54, 1.807) is 0 Å². The predicted octanol–water partition coefficient (Wildman–Crippen LogP) is 3.34. The first kappa shape index (κ1) is 11.5. The van der Waals surface area contributed by atoms with Crippen LogP contribution in [0, 0.1) is 0 Å². The Bertz CT molecular complexity index is 460. The van der Waals surface area contributed by atoms with Crippen molar-refractivity contribution in [1.82, 2.24) is 0 Å². The van der Waals surface area contributed by atoms with E-state index < -0.39 is 0 Å². The third kappa shape index (κ3) is 3.53. The number of hydrogen-bond donors (Lipinski definition) is 0. The second-order valence-corrected chi connectivity index (χ2v) is 5.78. The fourth-order valence-corrected chi connectivity index (χ4v) is 2.85. The average Bonchev–Trinajstić information content (AvgIpc) is 2.33. The van der Waals surface area contributed by atoms with E-state index in [4.69, 9.17) is 11.6 Å². The molecule has 16 heavy (non-hydrogen) atoms. The van der Waals surface area contributed by atoms with E-state index in [0.29, 0.717) is 15.0 Å². The van der Waals surface area contributed by atoms with Crippen molar-refractivity contribution in [3.8, 4) is 0 Å². The van der Waals surface area contributed by atoms with Crippen LogP contribution < -0.4 is 4.46 Å². The standard InChI is InChI=1S/C14H11ClSe/c15-13-8-6-12(7-9-13)10-11-16-14-4-2-1-3-5-14/h1-11H/b11-10-. The van der Waals surface area contributed by atoms with E-state index in [0.717, 1.165) is 5.02 Å². The second-order valence-electron chi connectivity index (χ2n) is 3.29. The summed E-state index contributed by atoms with van der Waals surface area (Å²) in [6.07, 6.45) is 2.14. The molecule has 0 bridgehead atoms. The zero-order valence-electron chi connectivity index (χ0n) is 8.64. The zero-order chi connectivity index (χ0) is 11.2. The zero-order valence-corrected chi connectivity index (χ0v) is 11.1. The number of halogens is 1. The van der Waals surface area contributed by atoms with Crippen molar-refractivity contribution in [3.63, 3.8) is 0 Å². The van der Waals surface area contributed by atoms with E-state index in [1.165, 1.54) is 10.0 Å². The molecule has 0 saturated carbocycles. The van der Waals surface area contributed by atoms with Crippen LogP contribution in [0.1, 0.15) is 5.56 Å². The van der Waals surface area contributed by atoms with Gasteiger partial charge in [0.1, 0.15) is 0 Å². The van der Waals surface area contributed by atoms with E-state index in [2.05, 4.69) is 35.3 Å².